The first-order valence-electron chi connectivity index (χ1n) is 10.0. The largest absolute Gasteiger partial charge is 0.296 e. The Morgan fingerprint density at radius 3 is 2.56 bits per heavy atom. The molecule has 0 aliphatic carbocycles. The van der Waals surface area contributed by atoms with Crippen molar-refractivity contribution >= 4 is 10.0 Å². The third kappa shape index (κ3) is 2.93. The number of piperidine rings is 2. The van der Waals surface area contributed by atoms with Gasteiger partial charge in [0.05, 0.1) is 4.90 Å². The fraction of sp³-hybridized carbons (Fsp3) is 0.455. The minimum Gasteiger partial charge on any atom is -0.296 e. The third-order valence-corrected chi connectivity index (χ3v) is 8.61. The molecule has 2 aromatic rings. The van der Waals surface area contributed by atoms with Gasteiger partial charge in [-0.3, -0.25) is 4.90 Å². The van der Waals surface area contributed by atoms with Crippen LogP contribution in [0.5, 0.6) is 0 Å². The maximum absolute atomic E-state index is 13.4. The van der Waals surface area contributed by atoms with E-state index < -0.39 is 10.0 Å². The van der Waals surface area contributed by atoms with E-state index in [9.17, 15) is 8.42 Å². The van der Waals surface area contributed by atoms with Crippen molar-refractivity contribution in [3.63, 3.8) is 0 Å². The van der Waals surface area contributed by atoms with E-state index in [1.54, 1.807) is 12.1 Å². The summed E-state index contributed by atoms with van der Waals surface area (Å²) in [6.45, 7) is 2.76. The van der Waals surface area contributed by atoms with E-state index >= 15 is 0 Å². The lowest BCUT2D eigenvalue weighted by molar-refractivity contribution is 0.0220. The molecule has 0 N–H and O–H groups in total. The van der Waals surface area contributed by atoms with Crippen LogP contribution in [-0.4, -0.2) is 43.3 Å². The molecule has 2 aromatic carbocycles. The van der Waals surface area contributed by atoms with Gasteiger partial charge in [-0.1, -0.05) is 42.5 Å². The summed E-state index contributed by atoms with van der Waals surface area (Å²) in [5.41, 5.74) is 2.84. The number of sulfonamides is 1. The Hall–Kier alpha value is -1.69. The fourth-order valence-corrected chi connectivity index (χ4v) is 7.14. The van der Waals surface area contributed by atoms with E-state index in [2.05, 4.69) is 29.2 Å². The number of hydrogen-bond acceptors (Lipinski definition) is 3. The van der Waals surface area contributed by atoms with Crippen LogP contribution in [0.2, 0.25) is 0 Å². The summed E-state index contributed by atoms with van der Waals surface area (Å²) in [7, 11) is -3.43. The maximum atomic E-state index is 13.4. The molecule has 0 saturated carbocycles. The molecule has 142 valence electrons. The molecule has 0 radical (unpaired) electrons. The zero-order chi connectivity index (χ0) is 18.4. The monoisotopic (exact) mass is 382 g/mol. The summed E-state index contributed by atoms with van der Waals surface area (Å²) in [4.78, 5) is 3.03. The molecule has 27 heavy (non-hydrogen) atoms. The maximum Gasteiger partial charge on any atom is 0.243 e. The van der Waals surface area contributed by atoms with Crippen molar-refractivity contribution in [2.45, 2.75) is 42.7 Å². The summed E-state index contributed by atoms with van der Waals surface area (Å²) < 4.78 is 28.5. The van der Waals surface area contributed by atoms with E-state index in [-0.39, 0.29) is 6.04 Å². The molecule has 3 aliphatic rings. The van der Waals surface area contributed by atoms with Crippen molar-refractivity contribution in [3.05, 3.63) is 65.7 Å². The van der Waals surface area contributed by atoms with Gasteiger partial charge < -0.3 is 0 Å². The summed E-state index contributed by atoms with van der Waals surface area (Å²) >= 11 is 0. The minimum atomic E-state index is -3.43. The Morgan fingerprint density at radius 2 is 1.70 bits per heavy atom. The number of benzene rings is 2. The van der Waals surface area contributed by atoms with Gasteiger partial charge in [0.1, 0.15) is 0 Å². The summed E-state index contributed by atoms with van der Waals surface area (Å²) in [6.07, 6.45) is 4.11. The van der Waals surface area contributed by atoms with E-state index in [1.165, 1.54) is 11.1 Å². The highest BCUT2D eigenvalue weighted by Gasteiger charge is 2.46. The molecule has 5 heteroatoms. The molecule has 0 aromatic heterocycles. The number of fused-ring (bicyclic) bond motifs is 4. The van der Waals surface area contributed by atoms with Gasteiger partial charge in [-0.25, -0.2) is 8.42 Å². The van der Waals surface area contributed by atoms with Gasteiger partial charge in [0, 0.05) is 31.7 Å². The van der Waals surface area contributed by atoms with Crippen molar-refractivity contribution < 1.29 is 8.42 Å². The van der Waals surface area contributed by atoms with Gasteiger partial charge in [0.25, 0.3) is 0 Å². The first-order valence-corrected chi connectivity index (χ1v) is 11.5. The molecule has 0 bridgehead atoms. The second-order valence-electron chi connectivity index (χ2n) is 8.09. The first-order chi connectivity index (χ1) is 13.1. The van der Waals surface area contributed by atoms with Crippen molar-refractivity contribution in [1.82, 2.24) is 9.21 Å². The highest BCUT2D eigenvalue weighted by Crippen LogP contribution is 2.44. The average Bonchev–Trinajstić information content (AvgIpc) is 2.72. The van der Waals surface area contributed by atoms with E-state index in [4.69, 9.17) is 0 Å². The standard InChI is InChI=1S/C22H26N2O2S/c25-27(26,19-9-2-1-3-10-19)24-13-6-8-18-16-23-14-12-17-7-4-5-11-20(17)22(23)15-21(18)24/h1-5,7,9-11,18,21-22H,6,8,12-16H2/t18-,21+,22-/m1/s1. The Labute approximate surface area is 161 Å². The van der Waals surface area contributed by atoms with Crippen LogP contribution >= 0.6 is 0 Å². The normalized spacial score (nSPS) is 28.8. The topological polar surface area (TPSA) is 40.6 Å². The second kappa shape index (κ2) is 6.73. The van der Waals surface area contributed by atoms with Crippen LogP contribution in [0.3, 0.4) is 0 Å². The van der Waals surface area contributed by atoms with Crippen LogP contribution in [0.4, 0.5) is 0 Å². The van der Waals surface area contributed by atoms with Crippen LogP contribution in [0.25, 0.3) is 0 Å². The van der Waals surface area contributed by atoms with Crippen LogP contribution in [0.15, 0.2) is 59.5 Å². The van der Waals surface area contributed by atoms with E-state index in [0.29, 0.717) is 23.4 Å². The molecule has 2 fully saturated rings. The van der Waals surface area contributed by atoms with Gasteiger partial charge in [-0.05, 0) is 54.9 Å². The Morgan fingerprint density at radius 1 is 0.926 bits per heavy atom. The van der Waals surface area contributed by atoms with Gasteiger partial charge in [-0.2, -0.15) is 4.31 Å². The summed E-state index contributed by atoms with van der Waals surface area (Å²) in [5.74, 6) is 0.443. The molecule has 3 aliphatic heterocycles. The lowest BCUT2D eigenvalue weighted by atomic mass is 9.77. The molecular formula is C22H26N2O2S. The number of hydrogen-bond donors (Lipinski definition) is 0. The van der Waals surface area contributed by atoms with Crippen LogP contribution in [0.1, 0.15) is 36.4 Å². The average molecular weight is 383 g/mol. The predicted octanol–water partition coefficient (Wildman–Crippen LogP) is 3.46. The van der Waals surface area contributed by atoms with Crippen LogP contribution in [0, 0.1) is 5.92 Å². The Bertz CT molecular complexity index is 928. The lowest BCUT2D eigenvalue weighted by Gasteiger charge is -2.51. The molecule has 3 heterocycles. The predicted molar refractivity (Wildman–Crippen MR) is 106 cm³/mol. The SMILES string of the molecule is O=S(=O)(c1ccccc1)N1CCC[C@@H]2CN3CCc4ccccc4[C@H]3C[C@@H]21. The van der Waals surface area contributed by atoms with Crippen LogP contribution < -0.4 is 0 Å². The summed E-state index contributed by atoms with van der Waals surface area (Å²) in [5, 5.41) is 0. The zero-order valence-electron chi connectivity index (χ0n) is 15.5. The minimum absolute atomic E-state index is 0.108. The third-order valence-electron chi connectivity index (χ3n) is 6.67. The van der Waals surface area contributed by atoms with Crippen molar-refractivity contribution in [2.75, 3.05) is 19.6 Å². The quantitative estimate of drug-likeness (QED) is 0.799. The lowest BCUT2D eigenvalue weighted by Crippen LogP contribution is -2.57. The van der Waals surface area contributed by atoms with Crippen molar-refractivity contribution in [1.29, 1.82) is 0 Å². The molecule has 5 rings (SSSR count). The van der Waals surface area contributed by atoms with E-state index in [1.807, 2.05) is 22.5 Å². The smallest absolute Gasteiger partial charge is 0.243 e. The van der Waals surface area contributed by atoms with Crippen LogP contribution in [-0.2, 0) is 16.4 Å². The fourth-order valence-electron chi connectivity index (χ4n) is 5.38. The number of nitrogens with zero attached hydrogens (tertiary/aromatic N) is 2. The molecule has 0 amide bonds. The summed E-state index contributed by atoms with van der Waals surface area (Å²) in [6, 6.07) is 18.1. The molecular weight excluding hydrogens is 356 g/mol. The molecule has 4 nitrogen and oxygen atoms in total. The van der Waals surface area contributed by atoms with E-state index in [0.717, 1.165) is 38.8 Å². The molecule has 3 atom stereocenters. The second-order valence-corrected chi connectivity index (χ2v) is 9.98. The Kier molecular flexibility index (Phi) is 4.34. The number of rotatable bonds is 2. The highest BCUT2D eigenvalue weighted by molar-refractivity contribution is 7.89. The highest BCUT2D eigenvalue weighted by atomic mass is 32.2. The van der Waals surface area contributed by atoms with Gasteiger partial charge in [0.15, 0.2) is 0 Å². The molecule has 0 spiro atoms. The van der Waals surface area contributed by atoms with Gasteiger partial charge in [-0.15, -0.1) is 0 Å². The van der Waals surface area contributed by atoms with Gasteiger partial charge in [0.2, 0.25) is 10.0 Å². The Balaban J connectivity index is 1.49. The van der Waals surface area contributed by atoms with Gasteiger partial charge >= 0.3 is 0 Å². The molecule has 2 saturated heterocycles. The van der Waals surface area contributed by atoms with Crippen molar-refractivity contribution in [3.8, 4) is 0 Å². The van der Waals surface area contributed by atoms with Crippen molar-refractivity contribution in [2.24, 2.45) is 5.92 Å². The first kappa shape index (κ1) is 17.4. The molecule has 0 unspecified atom stereocenters. The zero-order valence-corrected chi connectivity index (χ0v) is 16.3.